The van der Waals surface area contributed by atoms with Crippen LogP contribution in [0.3, 0.4) is 0 Å². The predicted molar refractivity (Wildman–Crippen MR) is 71.4 cm³/mol. The molecular weight excluding hydrogens is 226 g/mol. The number of nitrogens with zero attached hydrogens (tertiary/aromatic N) is 1. The number of hydrogen-bond acceptors (Lipinski definition) is 3. The Morgan fingerprint density at radius 1 is 1.11 bits per heavy atom. The molecule has 18 heavy (non-hydrogen) atoms. The van der Waals surface area contributed by atoms with Crippen LogP contribution in [0.15, 0.2) is 28.2 Å². The summed E-state index contributed by atoms with van der Waals surface area (Å²) in [7, 11) is 0. The molecule has 3 nitrogen and oxygen atoms in total. The third kappa shape index (κ3) is 2.40. The van der Waals surface area contributed by atoms with Crippen molar-refractivity contribution in [3.63, 3.8) is 0 Å². The lowest BCUT2D eigenvalue weighted by Crippen LogP contribution is -1.81. The largest absolute Gasteiger partial charge is 0.508 e. The van der Waals surface area contributed by atoms with Crippen LogP contribution in [-0.4, -0.2) is 10.1 Å². The lowest BCUT2D eigenvalue weighted by atomic mass is 10.1. The summed E-state index contributed by atoms with van der Waals surface area (Å²) in [6, 6.07) is 5.01. The Hall–Kier alpha value is -1.77. The van der Waals surface area contributed by atoms with Gasteiger partial charge in [-0.1, -0.05) is 18.4 Å². The van der Waals surface area contributed by atoms with Gasteiger partial charge in [0, 0.05) is 6.07 Å². The molecule has 0 unspecified atom stereocenters. The monoisotopic (exact) mass is 243 g/mol. The van der Waals surface area contributed by atoms with Crippen LogP contribution in [-0.2, 0) is 0 Å². The zero-order chi connectivity index (χ0) is 12.4. The second-order valence-electron chi connectivity index (χ2n) is 4.92. The van der Waals surface area contributed by atoms with Gasteiger partial charge in [-0.15, -0.1) is 0 Å². The summed E-state index contributed by atoms with van der Waals surface area (Å²) in [4.78, 5) is 4.40. The van der Waals surface area contributed by atoms with Crippen molar-refractivity contribution in [2.24, 2.45) is 0 Å². The lowest BCUT2D eigenvalue weighted by molar-refractivity contribution is 0.476. The van der Waals surface area contributed by atoms with Gasteiger partial charge in [0.1, 0.15) is 11.3 Å². The van der Waals surface area contributed by atoms with E-state index < -0.39 is 0 Å². The number of oxazole rings is 1. The second-order valence-corrected chi connectivity index (χ2v) is 4.92. The average molecular weight is 243 g/mol. The number of phenols is 1. The van der Waals surface area contributed by atoms with Gasteiger partial charge in [-0.3, -0.25) is 0 Å². The van der Waals surface area contributed by atoms with Gasteiger partial charge in [0.2, 0.25) is 5.89 Å². The molecule has 0 spiro atoms. The Labute approximate surface area is 106 Å². The number of benzene rings is 1. The summed E-state index contributed by atoms with van der Waals surface area (Å²) in [6.07, 6.45) is 9.59. The van der Waals surface area contributed by atoms with Crippen LogP contribution in [0.1, 0.15) is 44.4 Å². The number of phenolic OH excluding ortho intramolecular Hbond substituents is 1. The van der Waals surface area contributed by atoms with Crippen molar-refractivity contribution < 1.29 is 9.52 Å². The standard InChI is InChI=1S/C15H17NO2/c17-12-7-8-14-13(10-12)16-15(18-14)9-11-5-3-1-2-4-6-11/h7-10,17H,1-6H2. The maximum absolute atomic E-state index is 9.40. The first-order valence-corrected chi connectivity index (χ1v) is 6.60. The quantitative estimate of drug-likeness (QED) is 0.761. The zero-order valence-corrected chi connectivity index (χ0v) is 10.4. The minimum Gasteiger partial charge on any atom is -0.508 e. The fourth-order valence-corrected chi connectivity index (χ4v) is 2.50. The molecule has 1 aromatic heterocycles. The highest BCUT2D eigenvalue weighted by atomic mass is 16.3. The van der Waals surface area contributed by atoms with Gasteiger partial charge in [-0.05, 0) is 43.9 Å². The molecule has 0 aliphatic heterocycles. The van der Waals surface area contributed by atoms with E-state index in [1.54, 1.807) is 18.2 Å². The van der Waals surface area contributed by atoms with Crippen LogP contribution in [0.25, 0.3) is 17.2 Å². The van der Waals surface area contributed by atoms with Crippen molar-refractivity contribution in [1.82, 2.24) is 4.98 Å². The minimum absolute atomic E-state index is 0.226. The van der Waals surface area contributed by atoms with Crippen LogP contribution in [0.2, 0.25) is 0 Å². The number of hydrogen-bond donors (Lipinski definition) is 1. The first-order chi connectivity index (χ1) is 8.81. The number of allylic oxidation sites excluding steroid dienone is 1. The molecule has 0 bridgehead atoms. The molecular formula is C15H17NO2. The maximum Gasteiger partial charge on any atom is 0.219 e. The molecule has 2 aromatic rings. The van der Waals surface area contributed by atoms with Gasteiger partial charge in [0.05, 0.1) is 0 Å². The van der Waals surface area contributed by atoms with E-state index in [1.165, 1.54) is 31.3 Å². The molecule has 1 N–H and O–H groups in total. The van der Waals surface area contributed by atoms with Crippen LogP contribution in [0, 0.1) is 0 Å². The normalized spacial score (nSPS) is 16.8. The molecule has 0 radical (unpaired) electrons. The molecule has 1 fully saturated rings. The topological polar surface area (TPSA) is 46.3 Å². The third-order valence-corrected chi connectivity index (χ3v) is 3.46. The second kappa shape index (κ2) is 4.84. The fraction of sp³-hybridized carbons (Fsp3) is 0.400. The van der Waals surface area contributed by atoms with Gasteiger partial charge >= 0.3 is 0 Å². The number of rotatable bonds is 1. The molecule has 0 amide bonds. The molecule has 1 aromatic carbocycles. The van der Waals surface area contributed by atoms with E-state index in [1.807, 2.05) is 0 Å². The van der Waals surface area contributed by atoms with Crippen LogP contribution in [0.4, 0.5) is 0 Å². The summed E-state index contributed by atoms with van der Waals surface area (Å²) < 4.78 is 5.67. The van der Waals surface area contributed by atoms with Crippen LogP contribution < -0.4 is 0 Å². The Morgan fingerprint density at radius 2 is 1.89 bits per heavy atom. The molecule has 1 aliphatic rings. The Bertz CT molecular complexity index is 573. The average Bonchev–Trinajstić information content (AvgIpc) is 2.57. The van der Waals surface area contributed by atoms with Crippen molar-refractivity contribution in [3.05, 3.63) is 29.7 Å². The molecule has 94 valence electrons. The molecule has 1 heterocycles. The van der Waals surface area contributed by atoms with E-state index >= 15 is 0 Å². The first-order valence-electron chi connectivity index (χ1n) is 6.60. The highest BCUT2D eigenvalue weighted by Gasteiger charge is 2.08. The SMILES string of the molecule is Oc1ccc2oc(C=C3CCCCCC3)nc2c1. The highest BCUT2D eigenvalue weighted by molar-refractivity contribution is 5.75. The van der Waals surface area contributed by atoms with Gasteiger partial charge in [-0.2, -0.15) is 0 Å². The van der Waals surface area contributed by atoms with Crippen molar-refractivity contribution in [1.29, 1.82) is 0 Å². The smallest absolute Gasteiger partial charge is 0.219 e. The number of fused-ring (bicyclic) bond motifs is 1. The van der Waals surface area contributed by atoms with Crippen molar-refractivity contribution in [2.75, 3.05) is 0 Å². The summed E-state index contributed by atoms with van der Waals surface area (Å²) in [5.41, 5.74) is 2.88. The number of aromatic nitrogens is 1. The Morgan fingerprint density at radius 3 is 2.67 bits per heavy atom. The zero-order valence-electron chi connectivity index (χ0n) is 10.4. The van der Waals surface area contributed by atoms with E-state index in [0.717, 1.165) is 23.9 Å². The van der Waals surface area contributed by atoms with E-state index in [0.29, 0.717) is 5.89 Å². The van der Waals surface area contributed by atoms with Crippen molar-refractivity contribution >= 4 is 17.2 Å². The predicted octanol–water partition coefficient (Wildman–Crippen LogP) is 4.27. The van der Waals surface area contributed by atoms with Gasteiger partial charge in [0.15, 0.2) is 5.58 Å². The summed E-state index contributed by atoms with van der Waals surface area (Å²) in [6.45, 7) is 0. The van der Waals surface area contributed by atoms with Crippen LogP contribution >= 0.6 is 0 Å². The molecule has 3 rings (SSSR count). The highest BCUT2D eigenvalue weighted by Crippen LogP contribution is 2.26. The fourth-order valence-electron chi connectivity index (χ4n) is 2.50. The maximum atomic E-state index is 9.40. The molecule has 1 saturated carbocycles. The van der Waals surface area contributed by atoms with E-state index in [4.69, 9.17) is 4.42 Å². The first kappa shape index (κ1) is 11.3. The Balaban J connectivity index is 1.91. The number of aromatic hydroxyl groups is 1. The van der Waals surface area contributed by atoms with Gasteiger partial charge < -0.3 is 9.52 Å². The minimum atomic E-state index is 0.226. The molecule has 0 saturated heterocycles. The van der Waals surface area contributed by atoms with Crippen molar-refractivity contribution in [3.8, 4) is 5.75 Å². The van der Waals surface area contributed by atoms with Gasteiger partial charge in [-0.25, -0.2) is 4.98 Å². The van der Waals surface area contributed by atoms with Gasteiger partial charge in [0.25, 0.3) is 0 Å². The van der Waals surface area contributed by atoms with E-state index in [9.17, 15) is 5.11 Å². The summed E-state index contributed by atoms with van der Waals surface area (Å²) in [5.74, 6) is 0.886. The molecule has 0 atom stereocenters. The molecule has 1 aliphatic carbocycles. The summed E-state index contributed by atoms with van der Waals surface area (Å²) >= 11 is 0. The third-order valence-electron chi connectivity index (χ3n) is 3.46. The lowest BCUT2D eigenvalue weighted by Gasteiger charge is -1.99. The van der Waals surface area contributed by atoms with Crippen LogP contribution in [0.5, 0.6) is 5.75 Å². The summed E-state index contributed by atoms with van der Waals surface area (Å²) in [5, 5.41) is 9.40. The van der Waals surface area contributed by atoms with Crippen molar-refractivity contribution in [2.45, 2.75) is 38.5 Å². The molecule has 3 heteroatoms. The Kier molecular flexibility index (Phi) is 3.05. The van der Waals surface area contributed by atoms with E-state index in [2.05, 4.69) is 11.1 Å². The van der Waals surface area contributed by atoms with E-state index in [-0.39, 0.29) is 5.75 Å².